The maximum atomic E-state index is 13.1. The molecule has 8 heteroatoms. The van der Waals surface area contributed by atoms with E-state index in [-0.39, 0.29) is 10.7 Å². The van der Waals surface area contributed by atoms with Crippen LogP contribution in [-0.2, 0) is 4.84 Å². The third-order valence-corrected chi connectivity index (χ3v) is 4.66. The standard InChI is InChI=1S/C20H18N4O3S/c1-26-23-16-11-17(18-21-22-20(28)27-18)24(12-16)19(25)15-9-7-14(8-10-15)13-5-3-2-4-6-13/h2-10,12,17,23H,11H2,1H3,(H,22,28). The zero-order valence-corrected chi connectivity index (χ0v) is 15.9. The Balaban J connectivity index is 1.61. The lowest BCUT2D eigenvalue weighted by molar-refractivity contribution is 0.0765. The first kappa shape index (κ1) is 18.1. The van der Waals surface area contributed by atoms with Gasteiger partial charge in [-0.3, -0.25) is 15.1 Å². The van der Waals surface area contributed by atoms with E-state index in [9.17, 15) is 4.79 Å². The van der Waals surface area contributed by atoms with Crippen LogP contribution in [-0.4, -0.2) is 28.1 Å². The Hall–Kier alpha value is -3.23. The minimum absolute atomic E-state index is 0.165. The number of hydrogen-bond acceptors (Lipinski definition) is 6. The Morgan fingerprint density at radius 2 is 1.93 bits per heavy atom. The SMILES string of the molecule is CONC1=CN(C(=O)c2ccc(-c3ccccc3)cc2)C(c2n[nH]c(=S)o2)C1. The van der Waals surface area contributed by atoms with Gasteiger partial charge in [-0.2, -0.15) is 0 Å². The summed E-state index contributed by atoms with van der Waals surface area (Å²) in [5, 5.41) is 6.68. The van der Waals surface area contributed by atoms with E-state index in [2.05, 4.69) is 15.7 Å². The van der Waals surface area contributed by atoms with Crippen LogP contribution in [0.4, 0.5) is 0 Å². The molecule has 1 amide bonds. The Morgan fingerprint density at radius 1 is 1.21 bits per heavy atom. The van der Waals surface area contributed by atoms with Gasteiger partial charge in [0, 0.05) is 18.2 Å². The number of aromatic amines is 1. The number of rotatable bonds is 5. The van der Waals surface area contributed by atoms with Crippen molar-refractivity contribution in [1.82, 2.24) is 20.6 Å². The van der Waals surface area contributed by atoms with Gasteiger partial charge in [0.1, 0.15) is 6.04 Å². The van der Waals surface area contributed by atoms with E-state index in [1.165, 1.54) is 7.11 Å². The molecule has 1 atom stereocenters. The molecule has 3 aromatic rings. The molecule has 2 aromatic carbocycles. The third-order valence-electron chi connectivity index (χ3n) is 4.49. The second-order valence-electron chi connectivity index (χ2n) is 6.29. The van der Waals surface area contributed by atoms with Gasteiger partial charge in [-0.1, -0.05) is 42.5 Å². The fraction of sp³-hybridized carbons (Fsp3) is 0.150. The van der Waals surface area contributed by atoms with Crippen molar-refractivity contribution in [1.29, 1.82) is 0 Å². The van der Waals surface area contributed by atoms with Gasteiger partial charge in [0.25, 0.3) is 10.7 Å². The fourth-order valence-electron chi connectivity index (χ4n) is 3.19. The number of nitrogens with zero attached hydrogens (tertiary/aromatic N) is 2. The lowest BCUT2D eigenvalue weighted by Crippen LogP contribution is -2.27. The van der Waals surface area contributed by atoms with Gasteiger partial charge in [-0.25, -0.2) is 5.10 Å². The predicted octanol–water partition coefficient (Wildman–Crippen LogP) is 3.98. The van der Waals surface area contributed by atoms with Crippen molar-refractivity contribution in [2.75, 3.05) is 7.11 Å². The lowest BCUT2D eigenvalue weighted by atomic mass is 10.0. The molecule has 0 aliphatic carbocycles. The average Bonchev–Trinajstić information content (AvgIpc) is 3.35. The molecular formula is C20H18N4O3S. The number of carbonyl (C=O) groups excluding carboxylic acids is 1. The maximum absolute atomic E-state index is 13.1. The molecule has 0 saturated carbocycles. The number of benzene rings is 2. The molecule has 1 aromatic heterocycles. The molecule has 2 heterocycles. The molecule has 28 heavy (non-hydrogen) atoms. The molecule has 1 aliphatic rings. The van der Waals surface area contributed by atoms with Crippen LogP contribution in [0.5, 0.6) is 0 Å². The molecule has 0 saturated heterocycles. The molecule has 0 spiro atoms. The summed E-state index contributed by atoms with van der Waals surface area (Å²) in [7, 11) is 1.52. The third kappa shape index (κ3) is 3.60. The summed E-state index contributed by atoms with van der Waals surface area (Å²) >= 11 is 4.96. The van der Waals surface area contributed by atoms with Gasteiger partial charge >= 0.3 is 0 Å². The molecule has 7 nitrogen and oxygen atoms in total. The smallest absolute Gasteiger partial charge is 0.284 e. The topological polar surface area (TPSA) is 83.4 Å². The van der Waals surface area contributed by atoms with Crippen molar-refractivity contribution in [3.8, 4) is 11.1 Å². The van der Waals surface area contributed by atoms with Gasteiger partial charge in [0.2, 0.25) is 5.89 Å². The largest absolute Gasteiger partial charge is 0.412 e. The molecule has 1 aliphatic heterocycles. The van der Waals surface area contributed by atoms with E-state index in [1.54, 1.807) is 11.1 Å². The van der Waals surface area contributed by atoms with E-state index in [0.29, 0.717) is 17.9 Å². The van der Waals surface area contributed by atoms with E-state index < -0.39 is 6.04 Å². The number of hydrogen-bond donors (Lipinski definition) is 2. The first-order chi connectivity index (χ1) is 13.7. The van der Waals surface area contributed by atoms with E-state index in [0.717, 1.165) is 16.8 Å². The van der Waals surface area contributed by atoms with Gasteiger partial charge in [-0.05, 0) is 35.5 Å². The summed E-state index contributed by atoms with van der Waals surface area (Å²) in [6, 6.07) is 17.1. The number of H-pyrrole nitrogens is 1. The van der Waals surface area contributed by atoms with Crippen LogP contribution in [0.25, 0.3) is 11.1 Å². The number of aromatic nitrogens is 2. The Morgan fingerprint density at radius 3 is 2.57 bits per heavy atom. The zero-order valence-electron chi connectivity index (χ0n) is 15.1. The molecule has 0 bridgehead atoms. The summed E-state index contributed by atoms with van der Waals surface area (Å²) in [6.45, 7) is 0. The van der Waals surface area contributed by atoms with E-state index in [1.807, 2.05) is 54.6 Å². The van der Waals surface area contributed by atoms with Crippen molar-refractivity contribution in [2.24, 2.45) is 0 Å². The summed E-state index contributed by atoms with van der Waals surface area (Å²) in [6.07, 6.45) is 2.18. The van der Waals surface area contributed by atoms with Crippen LogP contribution in [0.15, 0.2) is 70.9 Å². The Bertz CT molecular complexity index is 1060. The highest BCUT2D eigenvalue weighted by Crippen LogP contribution is 2.34. The Kier molecular flexibility index (Phi) is 5.05. The zero-order chi connectivity index (χ0) is 19.5. The predicted molar refractivity (Wildman–Crippen MR) is 105 cm³/mol. The minimum Gasteiger partial charge on any atom is -0.412 e. The Labute approximate surface area is 166 Å². The highest BCUT2D eigenvalue weighted by atomic mass is 32.1. The van der Waals surface area contributed by atoms with Gasteiger partial charge in [-0.15, -0.1) is 5.10 Å². The van der Waals surface area contributed by atoms with Gasteiger partial charge < -0.3 is 9.32 Å². The second-order valence-corrected chi connectivity index (χ2v) is 6.66. The number of hydroxylamine groups is 1. The highest BCUT2D eigenvalue weighted by Gasteiger charge is 2.34. The molecule has 142 valence electrons. The highest BCUT2D eigenvalue weighted by molar-refractivity contribution is 7.71. The van der Waals surface area contributed by atoms with Crippen LogP contribution >= 0.6 is 12.2 Å². The van der Waals surface area contributed by atoms with Crippen LogP contribution < -0.4 is 5.48 Å². The molecular weight excluding hydrogens is 376 g/mol. The first-order valence-corrected chi connectivity index (χ1v) is 9.10. The van der Waals surface area contributed by atoms with Crippen LogP contribution in [0.2, 0.25) is 0 Å². The van der Waals surface area contributed by atoms with Crippen molar-refractivity contribution < 1.29 is 14.0 Å². The number of carbonyl (C=O) groups is 1. The number of amides is 1. The van der Waals surface area contributed by atoms with Crippen molar-refractivity contribution in [2.45, 2.75) is 12.5 Å². The summed E-state index contributed by atoms with van der Waals surface area (Å²) in [5.74, 6) is 0.185. The minimum atomic E-state index is -0.410. The van der Waals surface area contributed by atoms with Crippen LogP contribution in [0.3, 0.4) is 0 Å². The van der Waals surface area contributed by atoms with Crippen LogP contribution in [0.1, 0.15) is 28.7 Å². The summed E-state index contributed by atoms with van der Waals surface area (Å²) < 4.78 is 5.44. The molecule has 0 radical (unpaired) electrons. The van der Waals surface area contributed by atoms with Crippen LogP contribution in [0, 0.1) is 4.84 Å². The normalized spacial score (nSPS) is 16.1. The monoisotopic (exact) mass is 394 g/mol. The van der Waals surface area contributed by atoms with Crippen molar-refractivity contribution in [3.63, 3.8) is 0 Å². The molecule has 4 rings (SSSR count). The first-order valence-electron chi connectivity index (χ1n) is 8.69. The lowest BCUT2D eigenvalue weighted by Gasteiger charge is -2.20. The number of nitrogens with one attached hydrogen (secondary N) is 2. The van der Waals surface area contributed by atoms with Gasteiger partial charge in [0.05, 0.1) is 12.8 Å². The second kappa shape index (κ2) is 7.79. The quantitative estimate of drug-likeness (QED) is 0.503. The molecule has 0 fully saturated rings. The molecule has 1 unspecified atom stereocenters. The fourth-order valence-corrected chi connectivity index (χ4v) is 3.32. The summed E-state index contributed by atoms with van der Waals surface area (Å²) in [5.41, 5.74) is 6.23. The van der Waals surface area contributed by atoms with E-state index >= 15 is 0 Å². The molecule has 2 N–H and O–H groups in total. The maximum Gasteiger partial charge on any atom is 0.284 e. The van der Waals surface area contributed by atoms with E-state index in [4.69, 9.17) is 21.5 Å². The summed E-state index contributed by atoms with van der Waals surface area (Å²) in [4.78, 5) is 19.9. The average molecular weight is 394 g/mol. The van der Waals surface area contributed by atoms with Crippen molar-refractivity contribution in [3.05, 3.63) is 82.8 Å². The van der Waals surface area contributed by atoms with Gasteiger partial charge in [0.15, 0.2) is 0 Å². The van der Waals surface area contributed by atoms with Crippen molar-refractivity contribution >= 4 is 18.1 Å².